The summed E-state index contributed by atoms with van der Waals surface area (Å²) in [5.41, 5.74) is -0.898. The van der Waals surface area contributed by atoms with Gasteiger partial charge in [-0.2, -0.15) is 0 Å². The van der Waals surface area contributed by atoms with Crippen LogP contribution >= 0.6 is 0 Å². The number of carbonyl (C=O) groups is 1. The molecule has 0 unspecified atom stereocenters. The zero-order valence-electron chi connectivity index (χ0n) is 8.51. The number of esters is 1. The van der Waals surface area contributed by atoms with Crippen molar-refractivity contribution in [3.8, 4) is 0 Å². The molecule has 0 aliphatic rings. The van der Waals surface area contributed by atoms with Crippen LogP contribution in [0.2, 0.25) is 0 Å². The summed E-state index contributed by atoms with van der Waals surface area (Å²) in [5.74, 6) is -1.67. The van der Waals surface area contributed by atoms with Gasteiger partial charge in [0.05, 0.1) is 12.9 Å². The zero-order chi connectivity index (χ0) is 10.9. The quantitative estimate of drug-likeness (QED) is 0.467. The van der Waals surface area contributed by atoms with E-state index in [1.54, 1.807) is 0 Å². The number of halogens is 3. The summed E-state index contributed by atoms with van der Waals surface area (Å²) in [6.07, 6.45) is 0. The van der Waals surface area contributed by atoms with Crippen LogP contribution < -0.4 is 56.8 Å². The Morgan fingerprint density at radius 1 is 1.47 bits per heavy atom. The van der Waals surface area contributed by atoms with Gasteiger partial charge < -0.3 is 22.1 Å². The molecule has 0 saturated carbocycles. The molecule has 0 atom stereocenters. The minimum atomic E-state index is -5.15. The Labute approximate surface area is 127 Å². The molecule has 1 rings (SSSR count). The Balaban J connectivity index is 0.00000196. The Morgan fingerprint density at radius 3 is 2.33 bits per heavy atom. The van der Waals surface area contributed by atoms with E-state index in [9.17, 15) is 17.7 Å². The second kappa shape index (κ2) is 5.53. The minimum Gasteiger partial charge on any atom is -0.463 e. The molecule has 1 heterocycles. The number of furan rings is 1. The first-order valence-electron chi connectivity index (χ1n) is 3.75. The summed E-state index contributed by atoms with van der Waals surface area (Å²) in [5, 5.41) is 0. The van der Waals surface area contributed by atoms with Gasteiger partial charge in [-0.3, -0.25) is 0 Å². The van der Waals surface area contributed by atoms with E-state index in [1.807, 2.05) is 0 Å². The van der Waals surface area contributed by atoms with Gasteiger partial charge >= 0.3 is 64.3 Å². The van der Waals surface area contributed by atoms with Crippen molar-refractivity contribution in [1.29, 1.82) is 0 Å². The van der Waals surface area contributed by atoms with Crippen molar-refractivity contribution >= 4 is 18.4 Å². The zero-order valence-corrected chi connectivity index (χ0v) is 11.6. The van der Waals surface area contributed by atoms with Crippen LogP contribution in [0.15, 0.2) is 10.5 Å². The summed E-state index contributed by atoms with van der Waals surface area (Å²) >= 11 is 0. The molecule has 0 amide bonds. The predicted molar refractivity (Wildman–Crippen MR) is 43.5 cm³/mol. The molecule has 0 aliphatic carbocycles. The smallest absolute Gasteiger partial charge is 0.463 e. The van der Waals surface area contributed by atoms with Gasteiger partial charge in [-0.1, -0.05) is 5.46 Å². The number of hydrogen-bond acceptors (Lipinski definition) is 3. The molecule has 0 aliphatic heterocycles. The third kappa shape index (κ3) is 3.63. The summed E-state index contributed by atoms with van der Waals surface area (Å²) in [7, 11) is 1.07. The Kier molecular flexibility index (Phi) is 5.62. The predicted octanol–water partition coefficient (Wildman–Crippen LogP) is -1.57. The van der Waals surface area contributed by atoms with Crippen LogP contribution in [0, 0.1) is 6.92 Å². The van der Waals surface area contributed by atoms with E-state index >= 15 is 0 Å². The molecular weight excluding hydrogens is 239 g/mol. The molecule has 15 heavy (non-hydrogen) atoms. The van der Waals surface area contributed by atoms with Crippen LogP contribution in [0.3, 0.4) is 0 Å². The monoisotopic (exact) mass is 246 g/mol. The maximum atomic E-state index is 12.3. The summed E-state index contributed by atoms with van der Waals surface area (Å²) in [4.78, 5) is 10.8. The van der Waals surface area contributed by atoms with E-state index in [2.05, 4.69) is 9.15 Å². The molecule has 8 heteroatoms. The van der Waals surface area contributed by atoms with Crippen LogP contribution in [-0.4, -0.2) is 20.1 Å². The van der Waals surface area contributed by atoms with Gasteiger partial charge in [0, 0.05) is 0 Å². The number of rotatable bonds is 2. The second-order valence-electron chi connectivity index (χ2n) is 2.69. The number of ether oxygens (including phenoxy) is 1. The van der Waals surface area contributed by atoms with Gasteiger partial charge in [0.1, 0.15) is 0 Å². The fraction of sp³-hybridized carbons (Fsp3) is 0.286. The van der Waals surface area contributed by atoms with Gasteiger partial charge in [-0.05, 0) is 13.0 Å². The number of carbonyl (C=O) groups excluding carboxylic acids is 1. The van der Waals surface area contributed by atoms with Crippen molar-refractivity contribution in [3.05, 3.63) is 17.6 Å². The fourth-order valence-electron chi connectivity index (χ4n) is 1.02. The molecule has 0 saturated heterocycles. The second-order valence-corrected chi connectivity index (χ2v) is 2.69. The van der Waals surface area contributed by atoms with Crippen LogP contribution in [0.25, 0.3) is 0 Å². The number of aryl methyl sites for hydroxylation is 1. The van der Waals surface area contributed by atoms with Gasteiger partial charge in [0.2, 0.25) is 5.76 Å². The molecule has 0 bridgehead atoms. The van der Waals surface area contributed by atoms with Gasteiger partial charge in [-0.15, -0.1) is 0 Å². The average Bonchev–Trinajstić information content (AvgIpc) is 2.45. The largest absolute Gasteiger partial charge is 1.00 e. The maximum Gasteiger partial charge on any atom is 1.00 e. The SMILES string of the molecule is COC(=O)c1cc([B-](F)(F)F)c(C)o1.[K+]. The van der Waals surface area contributed by atoms with Gasteiger partial charge in [-0.25, -0.2) is 4.79 Å². The van der Waals surface area contributed by atoms with E-state index in [0.29, 0.717) is 6.07 Å². The third-order valence-electron chi connectivity index (χ3n) is 1.70. The van der Waals surface area contributed by atoms with Crippen molar-refractivity contribution in [1.82, 2.24) is 0 Å². The van der Waals surface area contributed by atoms with Gasteiger partial charge in [0.25, 0.3) is 0 Å². The van der Waals surface area contributed by atoms with Crippen LogP contribution in [-0.2, 0) is 4.74 Å². The van der Waals surface area contributed by atoms with Crippen molar-refractivity contribution in [3.63, 3.8) is 0 Å². The Bertz CT molecular complexity index is 361. The van der Waals surface area contributed by atoms with Gasteiger partial charge in [0.15, 0.2) is 0 Å². The molecule has 78 valence electrons. The summed E-state index contributed by atoms with van der Waals surface area (Å²) < 4.78 is 45.7. The van der Waals surface area contributed by atoms with Crippen LogP contribution in [0.5, 0.6) is 0 Å². The molecule has 0 aromatic carbocycles. The first-order valence-corrected chi connectivity index (χ1v) is 3.75. The number of hydrogen-bond donors (Lipinski definition) is 0. The minimum absolute atomic E-state index is 0. The standard InChI is InChI=1S/C7H7BF3O3.K/c1-4-5(8(9,10)11)3-6(14-4)7(12)13-2;/h3H,1-2H3;/q-1;+1. The van der Waals surface area contributed by atoms with E-state index in [-0.39, 0.29) is 57.1 Å². The Hall–Kier alpha value is 0.241. The molecular formula is C7H7BF3KO3. The summed E-state index contributed by atoms with van der Waals surface area (Å²) in [6, 6.07) is 0.654. The van der Waals surface area contributed by atoms with E-state index < -0.39 is 24.2 Å². The first kappa shape index (κ1) is 15.2. The summed E-state index contributed by atoms with van der Waals surface area (Å²) in [6.45, 7) is -4.00. The van der Waals surface area contributed by atoms with E-state index in [4.69, 9.17) is 0 Å². The van der Waals surface area contributed by atoms with Crippen molar-refractivity contribution in [2.24, 2.45) is 0 Å². The third-order valence-corrected chi connectivity index (χ3v) is 1.70. The van der Waals surface area contributed by atoms with Crippen molar-refractivity contribution in [2.45, 2.75) is 6.92 Å². The van der Waals surface area contributed by atoms with Crippen molar-refractivity contribution in [2.75, 3.05) is 7.11 Å². The Morgan fingerprint density at radius 2 is 2.00 bits per heavy atom. The molecule has 3 nitrogen and oxygen atoms in total. The molecule has 1 aromatic rings. The van der Waals surface area contributed by atoms with E-state index in [1.165, 1.54) is 0 Å². The normalized spacial score (nSPS) is 10.7. The molecule has 0 radical (unpaired) electrons. The average molecular weight is 246 g/mol. The number of methoxy groups -OCH3 is 1. The molecule has 1 aromatic heterocycles. The maximum absolute atomic E-state index is 12.3. The topological polar surface area (TPSA) is 39.4 Å². The fourth-order valence-corrected chi connectivity index (χ4v) is 1.02. The first-order chi connectivity index (χ1) is 6.36. The van der Waals surface area contributed by atoms with Crippen molar-refractivity contribution < 1.29 is 78.3 Å². The molecule has 0 fully saturated rings. The van der Waals surface area contributed by atoms with E-state index in [0.717, 1.165) is 14.0 Å². The van der Waals surface area contributed by atoms with Crippen LogP contribution in [0.4, 0.5) is 12.9 Å². The molecule has 0 spiro atoms. The van der Waals surface area contributed by atoms with Crippen LogP contribution in [0.1, 0.15) is 16.3 Å². The molecule has 0 N–H and O–H groups in total.